The van der Waals surface area contributed by atoms with E-state index in [0.717, 1.165) is 49.7 Å². The maximum Gasteiger partial charge on any atom is 0.410 e. The molecule has 1 aromatic carbocycles. The zero-order valence-corrected chi connectivity index (χ0v) is 28.4. The van der Waals surface area contributed by atoms with Crippen LogP contribution < -0.4 is 21.7 Å². The first-order valence-electron chi connectivity index (χ1n) is 16.9. The van der Waals surface area contributed by atoms with Gasteiger partial charge in [-0.1, -0.05) is 56.4 Å². The molecule has 1 saturated carbocycles. The minimum absolute atomic E-state index is 0.0191. The van der Waals surface area contributed by atoms with Crippen molar-refractivity contribution in [2.24, 2.45) is 17.6 Å². The molecule has 4 rings (SSSR count). The lowest BCUT2D eigenvalue weighted by Crippen LogP contribution is -2.53. The third kappa shape index (κ3) is 10.3. The first kappa shape index (κ1) is 36.5. The number of amides is 7. The van der Waals surface area contributed by atoms with Gasteiger partial charge in [0.15, 0.2) is 0 Å². The Labute approximate surface area is 281 Å². The van der Waals surface area contributed by atoms with E-state index in [4.69, 9.17) is 15.2 Å². The first-order chi connectivity index (χ1) is 22.8. The quantitative estimate of drug-likeness (QED) is 0.230. The monoisotopic (exact) mass is 670 g/mol. The number of hydrogen-bond acceptors (Lipinski definition) is 8. The normalized spacial score (nSPS) is 21.9. The van der Waals surface area contributed by atoms with Gasteiger partial charge in [-0.05, 0) is 57.1 Å². The number of benzene rings is 1. The Kier molecular flexibility index (Phi) is 12.3. The van der Waals surface area contributed by atoms with Gasteiger partial charge in [0.2, 0.25) is 17.7 Å². The minimum atomic E-state index is -0.987. The summed E-state index contributed by atoms with van der Waals surface area (Å²) in [7, 11) is 1.47. The van der Waals surface area contributed by atoms with Gasteiger partial charge in [0, 0.05) is 32.5 Å². The Morgan fingerprint density at radius 1 is 0.958 bits per heavy atom. The second-order valence-electron chi connectivity index (χ2n) is 14.0. The lowest BCUT2D eigenvalue weighted by molar-refractivity contribution is -0.139. The van der Waals surface area contributed by atoms with Gasteiger partial charge >= 0.3 is 18.2 Å². The predicted octanol–water partition coefficient (Wildman–Crippen LogP) is 3.31. The van der Waals surface area contributed by atoms with E-state index in [1.165, 1.54) is 11.9 Å². The van der Waals surface area contributed by atoms with Gasteiger partial charge in [0.25, 0.3) is 0 Å². The number of urea groups is 1. The van der Waals surface area contributed by atoms with Crippen molar-refractivity contribution in [2.45, 2.75) is 115 Å². The summed E-state index contributed by atoms with van der Waals surface area (Å²) in [6.07, 6.45) is 4.33. The topological polar surface area (TPSA) is 189 Å². The van der Waals surface area contributed by atoms with E-state index in [1.54, 1.807) is 25.7 Å². The van der Waals surface area contributed by atoms with Gasteiger partial charge < -0.3 is 30.7 Å². The zero-order chi connectivity index (χ0) is 35.0. The molecule has 14 heteroatoms. The summed E-state index contributed by atoms with van der Waals surface area (Å²) in [5.74, 6) is -1.24. The van der Waals surface area contributed by atoms with Gasteiger partial charge in [-0.3, -0.25) is 24.6 Å². The van der Waals surface area contributed by atoms with Gasteiger partial charge in [0.1, 0.15) is 23.8 Å². The number of fused-ring (bicyclic) bond motifs is 1. The van der Waals surface area contributed by atoms with Crippen molar-refractivity contribution in [2.75, 3.05) is 13.6 Å². The Balaban J connectivity index is 1.27. The van der Waals surface area contributed by atoms with Crippen molar-refractivity contribution in [3.8, 4) is 0 Å². The molecule has 14 nitrogen and oxygen atoms in total. The largest absolute Gasteiger partial charge is 0.444 e. The maximum absolute atomic E-state index is 13.9. The molecule has 2 heterocycles. The van der Waals surface area contributed by atoms with Crippen LogP contribution in [0.3, 0.4) is 0 Å². The van der Waals surface area contributed by atoms with E-state index in [2.05, 4.69) is 16.0 Å². The van der Waals surface area contributed by atoms with Gasteiger partial charge in [-0.15, -0.1) is 0 Å². The van der Waals surface area contributed by atoms with E-state index >= 15 is 0 Å². The van der Waals surface area contributed by atoms with Crippen LogP contribution in [0.2, 0.25) is 0 Å². The van der Waals surface area contributed by atoms with Gasteiger partial charge in [-0.25, -0.2) is 14.4 Å². The molecule has 0 aromatic heterocycles. The Morgan fingerprint density at radius 3 is 2.23 bits per heavy atom. The molecule has 0 bridgehead atoms. The van der Waals surface area contributed by atoms with Crippen LogP contribution >= 0.6 is 0 Å². The number of nitrogens with one attached hydrogen (secondary N) is 3. The molecule has 2 aliphatic heterocycles. The highest BCUT2D eigenvalue weighted by atomic mass is 16.6. The Hall–Kier alpha value is -4.36. The first-order valence-corrected chi connectivity index (χ1v) is 16.9. The van der Waals surface area contributed by atoms with E-state index in [0.29, 0.717) is 31.8 Å². The molecule has 1 saturated heterocycles. The number of hydrogen-bond donors (Lipinski definition) is 4. The highest BCUT2D eigenvalue weighted by Crippen LogP contribution is 2.42. The van der Waals surface area contributed by atoms with Crippen LogP contribution in [0.25, 0.3) is 0 Å². The summed E-state index contributed by atoms with van der Waals surface area (Å²) < 4.78 is 11.2. The standard InChI is InChI=1S/C34H50N6O8/c1-34(2,3)48-32(45)37-26(15-9-7-5-6-8-12-21-16-25(21)29(42)38-31(44)36-4)30(43)40-20-24(17-27(40)28(35)41)47-33(46)39-18-22-13-10-11-14-23(22)19-39/h10-11,13-14,21,24-27H,5-9,12,15-20H2,1-4H3,(H2,35,41)(H,37,45)(H2,36,38,42,44)/t21-,24-,25+,26+,27+/m1/s1. The Morgan fingerprint density at radius 2 is 1.60 bits per heavy atom. The molecule has 264 valence electrons. The van der Waals surface area contributed by atoms with Crippen LogP contribution in [0.5, 0.6) is 0 Å². The fraction of sp³-hybridized carbons (Fsp3) is 0.647. The van der Waals surface area contributed by atoms with Crippen LogP contribution in [-0.2, 0) is 36.9 Å². The second kappa shape index (κ2) is 16.2. The second-order valence-corrected chi connectivity index (χ2v) is 14.0. The highest BCUT2D eigenvalue weighted by molar-refractivity contribution is 5.96. The number of rotatable bonds is 13. The molecule has 5 atom stereocenters. The van der Waals surface area contributed by atoms with E-state index in [9.17, 15) is 28.8 Å². The third-order valence-electron chi connectivity index (χ3n) is 9.02. The molecule has 7 amide bonds. The molecular weight excluding hydrogens is 620 g/mol. The SMILES string of the molecule is CNC(=O)NC(=O)[C@H]1C[C@H]1CCCCCCC[C@H](NC(=O)OC(C)(C)C)C(=O)N1C[C@H](OC(=O)N2Cc3ccccc3C2)C[C@H]1C(N)=O. The van der Waals surface area contributed by atoms with Crippen molar-refractivity contribution in [1.82, 2.24) is 25.8 Å². The summed E-state index contributed by atoms with van der Waals surface area (Å²) in [5.41, 5.74) is 7.01. The van der Waals surface area contributed by atoms with Crippen LogP contribution in [0, 0.1) is 11.8 Å². The summed E-state index contributed by atoms with van der Waals surface area (Å²) in [5, 5.41) is 7.40. The van der Waals surface area contributed by atoms with Crippen LogP contribution in [0.15, 0.2) is 24.3 Å². The van der Waals surface area contributed by atoms with Crippen molar-refractivity contribution >= 4 is 35.9 Å². The van der Waals surface area contributed by atoms with Crippen LogP contribution in [0.1, 0.15) is 89.7 Å². The number of likely N-dealkylation sites (tertiary alicyclic amines) is 1. The Bertz CT molecular complexity index is 1340. The van der Waals surface area contributed by atoms with Crippen molar-refractivity contribution in [1.29, 1.82) is 0 Å². The molecule has 1 aliphatic carbocycles. The predicted molar refractivity (Wildman–Crippen MR) is 175 cm³/mol. The summed E-state index contributed by atoms with van der Waals surface area (Å²) in [6, 6.07) is 5.31. The van der Waals surface area contributed by atoms with E-state index in [1.807, 2.05) is 24.3 Å². The number of alkyl carbamates (subject to hydrolysis) is 1. The number of imide groups is 1. The summed E-state index contributed by atoms with van der Waals surface area (Å²) in [6.45, 7) is 6.00. The number of carbonyl (C=O) groups excluding carboxylic acids is 6. The molecule has 0 spiro atoms. The molecular formula is C34H50N6O8. The molecule has 0 unspecified atom stereocenters. The molecule has 48 heavy (non-hydrogen) atoms. The number of carbonyl (C=O) groups is 6. The average molecular weight is 671 g/mol. The lowest BCUT2D eigenvalue weighted by Gasteiger charge is -2.28. The van der Waals surface area contributed by atoms with Crippen molar-refractivity contribution in [3.63, 3.8) is 0 Å². The van der Waals surface area contributed by atoms with Crippen molar-refractivity contribution in [3.05, 3.63) is 35.4 Å². The van der Waals surface area contributed by atoms with E-state index in [-0.39, 0.29) is 24.8 Å². The molecule has 1 aromatic rings. The molecule has 0 radical (unpaired) electrons. The molecule has 2 fully saturated rings. The zero-order valence-electron chi connectivity index (χ0n) is 28.4. The van der Waals surface area contributed by atoms with Crippen LogP contribution in [0.4, 0.5) is 14.4 Å². The van der Waals surface area contributed by atoms with Crippen LogP contribution in [-0.4, -0.2) is 83.1 Å². The number of nitrogens with two attached hydrogens (primary N) is 1. The number of primary amides is 1. The van der Waals surface area contributed by atoms with E-state index < -0.39 is 53.8 Å². The lowest BCUT2D eigenvalue weighted by atomic mass is 10.0. The number of unbranched alkanes of at least 4 members (excludes halogenated alkanes) is 4. The number of nitrogens with zero attached hydrogens (tertiary/aromatic N) is 2. The average Bonchev–Trinajstić information content (AvgIpc) is 3.45. The molecule has 3 aliphatic rings. The fourth-order valence-electron chi connectivity index (χ4n) is 6.42. The maximum atomic E-state index is 13.9. The fourth-order valence-corrected chi connectivity index (χ4v) is 6.42. The summed E-state index contributed by atoms with van der Waals surface area (Å²) in [4.78, 5) is 78.3. The smallest absolute Gasteiger partial charge is 0.410 e. The minimum Gasteiger partial charge on any atom is -0.444 e. The third-order valence-corrected chi connectivity index (χ3v) is 9.02. The number of ether oxygens (including phenoxy) is 2. The highest BCUT2D eigenvalue weighted by Gasteiger charge is 2.44. The van der Waals surface area contributed by atoms with Gasteiger partial charge in [0.05, 0.1) is 6.54 Å². The molecule has 5 N–H and O–H groups in total. The van der Waals surface area contributed by atoms with Gasteiger partial charge in [-0.2, -0.15) is 0 Å². The summed E-state index contributed by atoms with van der Waals surface area (Å²) >= 11 is 0. The van der Waals surface area contributed by atoms with Crippen molar-refractivity contribution < 1.29 is 38.2 Å².